The third-order valence-electron chi connectivity index (χ3n) is 2.75. The first kappa shape index (κ1) is 13.1. The van der Waals surface area contributed by atoms with Crippen molar-refractivity contribution in [3.63, 3.8) is 0 Å². The molecule has 0 spiro atoms. The first-order chi connectivity index (χ1) is 7.70. The Labute approximate surface area is 96.1 Å². The molecular weight excluding hydrogens is 208 g/mol. The average molecular weight is 228 g/mol. The fraction of sp³-hybridized carbons (Fsp3) is 0.818. The summed E-state index contributed by atoms with van der Waals surface area (Å²) >= 11 is 0. The average Bonchev–Trinajstić information content (AvgIpc) is 2.28. The van der Waals surface area contributed by atoms with E-state index in [1.54, 1.807) is 7.11 Å². The lowest BCUT2D eigenvalue weighted by atomic mass is 10.1. The molecule has 0 aromatic heterocycles. The van der Waals surface area contributed by atoms with Crippen LogP contribution in [0, 0.1) is 0 Å². The second kappa shape index (κ2) is 6.60. The number of carbonyl (C=O) groups excluding carboxylic acids is 2. The van der Waals surface area contributed by atoms with Crippen LogP contribution in [0.5, 0.6) is 0 Å². The maximum absolute atomic E-state index is 11.8. The lowest BCUT2D eigenvalue weighted by Crippen LogP contribution is -2.58. The van der Waals surface area contributed by atoms with Crippen molar-refractivity contribution < 1.29 is 14.3 Å². The van der Waals surface area contributed by atoms with Crippen molar-refractivity contribution in [1.82, 2.24) is 10.2 Å². The summed E-state index contributed by atoms with van der Waals surface area (Å²) in [7, 11) is 1.65. The molecule has 0 radical (unpaired) electrons. The van der Waals surface area contributed by atoms with E-state index in [-0.39, 0.29) is 24.4 Å². The molecule has 1 rings (SSSR count). The summed E-state index contributed by atoms with van der Waals surface area (Å²) in [5.74, 6) is -0.205. The SMILES string of the molecule is CCC1NCC(=O)N(CCCCOC)C1=O. The van der Waals surface area contributed by atoms with E-state index in [1.807, 2.05) is 6.92 Å². The van der Waals surface area contributed by atoms with Gasteiger partial charge in [0, 0.05) is 20.3 Å². The third-order valence-corrected chi connectivity index (χ3v) is 2.75. The molecule has 1 aliphatic rings. The number of hydrogen-bond acceptors (Lipinski definition) is 4. The minimum absolute atomic E-state index is 0.0869. The summed E-state index contributed by atoms with van der Waals surface area (Å²) < 4.78 is 4.93. The van der Waals surface area contributed by atoms with Crippen molar-refractivity contribution in [2.75, 3.05) is 26.8 Å². The zero-order valence-corrected chi connectivity index (χ0v) is 9.99. The number of ether oxygens (including phenoxy) is 1. The van der Waals surface area contributed by atoms with Gasteiger partial charge in [0.05, 0.1) is 12.6 Å². The van der Waals surface area contributed by atoms with Crippen molar-refractivity contribution in [1.29, 1.82) is 0 Å². The normalized spacial score (nSPS) is 21.6. The number of rotatable bonds is 6. The summed E-state index contributed by atoms with van der Waals surface area (Å²) in [5, 5.41) is 2.93. The Morgan fingerprint density at radius 1 is 1.44 bits per heavy atom. The van der Waals surface area contributed by atoms with E-state index in [0.29, 0.717) is 13.2 Å². The highest BCUT2D eigenvalue weighted by molar-refractivity contribution is 6.01. The number of nitrogens with one attached hydrogen (secondary N) is 1. The molecule has 1 aliphatic heterocycles. The lowest BCUT2D eigenvalue weighted by Gasteiger charge is -2.31. The highest BCUT2D eigenvalue weighted by atomic mass is 16.5. The Balaban J connectivity index is 2.42. The molecule has 5 heteroatoms. The minimum atomic E-state index is -0.194. The molecule has 1 heterocycles. The Morgan fingerprint density at radius 2 is 2.19 bits per heavy atom. The van der Waals surface area contributed by atoms with Crippen LogP contribution in [-0.4, -0.2) is 49.6 Å². The fourth-order valence-electron chi connectivity index (χ4n) is 1.77. The number of piperazine rings is 1. The predicted molar refractivity (Wildman–Crippen MR) is 59.9 cm³/mol. The molecule has 16 heavy (non-hydrogen) atoms. The van der Waals surface area contributed by atoms with Crippen molar-refractivity contribution in [2.45, 2.75) is 32.2 Å². The number of nitrogens with zero attached hydrogens (tertiary/aromatic N) is 1. The summed E-state index contributed by atoms with van der Waals surface area (Å²) in [6, 6.07) is -0.194. The Bertz CT molecular complexity index is 256. The second-order valence-corrected chi connectivity index (χ2v) is 3.93. The van der Waals surface area contributed by atoms with Crippen LogP contribution >= 0.6 is 0 Å². The quantitative estimate of drug-likeness (QED) is 0.519. The van der Waals surface area contributed by atoms with Crippen LogP contribution in [0.25, 0.3) is 0 Å². The highest BCUT2D eigenvalue weighted by Gasteiger charge is 2.31. The molecule has 0 aliphatic carbocycles. The van der Waals surface area contributed by atoms with Crippen LogP contribution in [0.1, 0.15) is 26.2 Å². The standard InChI is InChI=1S/C11H20N2O3/c1-3-9-11(15)13(10(14)8-12-9)6-4-5-7-16-2/h9,12H,3-8H2,1-2H3. The van der Waals surface area contributed by atoms with Crippen LogP contribution in [-0.2, 0) is 14.3 Å². The number of carbonyl (C=O) groups is 2. The van der Waals surface area contributed by atoms with Crippen LogP contribution in [0.2, 0.25) is 0 Å². The van der Waals surface area contributed by atoms with Gasteiger partial charge in [-0.3, -0.25) is 19.8 Å². The summed E-state index contributed by atoms with van der Waals surface area (Å²) in [5.41, 5.74) is 0. The Morgan fingerprint density at radius 3 is 2.81 bits per heavy atom. The molecule has 5 nitrogen and oxygen atoms in total. The molecule has 0 aromatic carbocycles. The fourth-order valence-corrected chi connectivity index (χ4v) is 1.77. The molecular formula is C11H20N2O3. The van der Waals surface area contributed by atoms with Gasteiger partial charge in [-0.15, -0.1) is 0 Å². The predicted octanol–water partition coefficient (Wildman–Crippen LogP) is 0.150. The summed E-state index contributed by atoms with van der Waals surface area (Å²) in [6.07, 6.45) is 2.40. The number of amides is 2. The molecule has 1 atom stereocenters. The first-order valence-electron chi connectivity index (χ1n) is 5.77. The molecule has 1 fully saturated rings. The smallest absolute Gasteiger partial charge is 0.246 e. The molecule has 1 N–H and O–H groups in total. The Hall–Kier alpha value is -0.940. The lowest BCUT2D eigenvalue weighted by molar-refractivity contribution is -0.149. The third kappa shape index (κ3) is 3.28. The molecule has 92 valence electrons. The van der Waals surface area contributed by atoms with Gasteiger partial charge in [0.15, 0.2) is 0 Å². The zero-order valence-electron chi connectivity index (χ0n) is 9.99. The van der Waals surface area contributed by atoms with E-state index < -0.39 is 0 Å². The van der Waals surface area contributed by atoms with Crippen molar-refractivity contribution >= 4 is 11.8 Å². The van der Waals surface area contributed by atoms with Gasteiger partial charge in [-0.1, -0.05) is 6.92 Å². The number of hydrogen-bond donors (Lipinski definition) is 1. The second-order valence-electron chi connectivity index (χ2n) is 3.93. The van der Waals surface area contributed by atoms with Crippen LogP contribution in [0.15, 0.2) is 0 Å². The topological polar surface area (TPSA) is 58.6 Å². The van der Waals surface area contributed by atoms with Gasteiger partial charge >= 0.3 is 0 Å². The van der Waals surface area contributed by atoms with Crippen molar-refractivity contribution in [3.05, 3.63) is 0 Å². The van der Waals surface area contributed by atoms with Crippen molar-refractivity contribution in [2.24, 2.45) is 0 Å². The van der Waals surface area contributed by atoms with E-state index in [2.05, 4.69) is 5.32 Å². The van der Waals surface area contributed by atoms with Gasteiger partial charge in [-0.2, -0.15) is 0 Å². The van der Waals surface area contributed by atoms with Gasteiger partial charge in [0.1, 0.15) is 0 Å². The van der Waals surface area contributed by atoms with Crippen LogP contribution in [0.3, 0.4) is 0 Å². The van der Waals surface area contributed by atoms with Gasteiger partial charge in [-0.05, 0) is 19.3 Å². The van der Waals surface area contributed by atoms with Gasteiger partial charge in [0.2, 0.25) is 11.8 Å². The van der Waals surface area contributed by atoms with E-state index in [4.69, 9.17) is 4.74 Å². The zero-order chi connectivity index (χ0) is 12.0. The largest absolute Gasteiger partial charge is 0.385 e. The molecule has 1 unspecified atom stereocenters. The van der Waals surface area contributed by atoms with Gasteiger partial charge in [0.25, 0.3) is 0 Å². The maximum Gasteiger partial charge on any atom is 0.246 e. The van der Waals surface area contributed by atoms with Crippen molar-refractivity contribution in [3.8, 4) is 0 Å². The van der Waals surface area contributed by atoms with Gasteiger partial charge < -0.3 is 4.74 Å². The maximum atomic E-state index is 11.8. The monoisotopic (exact) mass is 228 g/mol. The number of imide groups is 1. The molecule has 0 saturated carbocycles. The Kier molecular flexibility index (Phi) is 5.42. The molecule has 1 saturated heterocycles. The summed E-state index contributed by atoms with van der Waals surface area (Å²) in [6.45, 7) is 3.40. The minimum Gasteiger partial charge on any atom is -0.385 e. The van der Waals surface area contributed by atoms with Crippen LogP contribution < -0.4 is 5.32 Å². The van der Waals surface area contributed by atoms with E-state index in [9.17, 15) is 9.59 Å². The molecule has 0 aromatic rings. The first-order valence-corrected chi connectivity index (χ1v) is 5.77. The van der Waals surface area contributed by atoms with E-state index in [1.165, 1.54) is 4.90 Å². The molecule has 0 bridgehead atoms. The van der Waals surface area contributed by atoms with Gasteiger partial charge in [-0.25, -0.2) is 0 Å². The number of methoxy groups -OCH3 is 1. The number of unbranched alkanes of at least 4 members (excludes halogenated alkanes) is 1. The molecule has 2 amide bonds. The van der Waals surface area contributed by atoms with E-state index in [0.717, 1.165) is 19.3 Å². The van der Waals surface area contributed by atoms with Crippen LogP contribution in [0.4, 0.5) is 0 Å². The highest BCUT2D eigenvalue weighted by Crippen LogP contribution is 2.07. The van der Waals surface area contributed by atoms with E-state index >= 15 is 0 Å². The summed E-state index contributed by atoms with van der Waals surface area (Å²) in [4.78, 5) is 24.8.